The van der Waals surface area contributed by atoms with Crippen molar-refractivity contribution in [2.24, 2.45) is 5.73 Å². The van der Waals surface area contributed by atoms with Gasteiger partial charge in [-0.2, -0.15) is 0 Å². The quantitative estimate of drug-likeness (QED) is 0.876. The zero-order valence-electron chi connectivity index (χ0n) is 10.8. The molecule has 0 bridgehead atoms. The third kappa shape index (κ3) is 4.26. The molecule has 1 unspecified atom stereocenters. The summed E-state index contributed by atoms with van der Waals surface area (Å²) in [7, 11) is -3.01. The minimum Gasteiger partial charge on any atom is -0.330 e. The molecular formula is C13H20ClNO2S. The molecule has 0 saturated carbocycles. The molecule has 102 valence electrons. The molecule has 0 saturated heterocycles. The summed E-state index contributed by atoms with van der Waals surface area (Å²) in [4.78, 5) is 0. The Morgan fingerprint density at radius 2 is 2.00 bits per heavy atom. The molecule has 0 aromatic heterocycles. The lowest BCUT2D eigenvalue weighted by Crippen LogP contribution is -2.22. The van der Waals surface area contributed by atoms with Crippen molar-refractivity contribution in [2.75, 3.05) is 12.3 Å². The van der Waals surface area contributed by atoms with E-state index >= 15 is 0 Å². The molecule has 2 N–H and O–H groups in total. The Morgan fingerprint density at radius 1 is 1.33 bits per heavy atom. The Balaban J connectivity index is 2.75. The summed E-state index contributed by atoms with van der Waals surface area (Å²) in [6, 6.07) is 7.44. The van der Waals surface area contributed by atoms with Gasteiger partial charge in [-0.25, -0.2) is 8.42 Å². The fourth-order valence-corrected chi connectivity index (χ4v) is 3.01. The number of nitrogens with two attached hydrogens (primary N) is 1. The van der Waals surface area contributed by atoms with E-state index in [2.05, 4.69) is 0 Å². The van der Waals surface area contributed by atoms with E-state index in [1.807, 2.05) is 18.2 Å². The predicted octanol–water partition coefficient (Wildman–Crippen LogP) is 2.60. The van der Waals surface area contributed by atoms with Crippen molar-refractivity contribution < 1.29 is 8.42 Å². The first-order valence-corrected chi connectivity index (χ1v) is 8.13. The van der Waals surface area contributed by atoms with E-state index in [-0.39, 0.29) is 16.9 Å². The van der Waals surface area contributed by atoms with Gasteiger partial charge in [-0.05, 0) is 50.4 Å². The van der Waals surface area contributed by atoms with Crippen molar-refractivity contribution in [3.8, 4) is 0 Å². The molecule has 0 spiro atoms. The van der Waals surface area contributed by atoms with Gasteiger partial charge in [0.15, 0.2) is 9.84 Å². The number of rotatable bonds is 6. The molecule has 0 aliphatic carbocycles. The summed E-state index contributed by atoms with van der Waals surface area (Å²) < 4.78 is 23.6. The van der Waals surface area contributed by atoms with Crippen LogP contribution in [0.3, 0.4) is 0 Å². The first kappa shape index (κ1) is 15.5. The van der Waals surface area contributed by atoms with Crippen LogP contribution in [0.25, 0.3) is 0 Å². The van der Waals surface area contributed by atoms with E-state index in [1.54, 1.807) is 19.9 Å². The minimum atomic E-state index is -3.01. The summed E-state index contributed by atoms with van der Waals surface area (Å²) in [5.41, 5.74) is 6.73. The van der Waals surface area contributed by atoms with Crippen LogP contribution in [-0.2, 0) is 9.84 Å². The number of hydrogen-bond donors (Lipinski definition) is 1. The van der Waals surface area contributed by atoms with E-state index in [4.69, 9.17) is 17.3 Å². The summed E-state index contributed by atoms with van der Waals surface area (Å²) in [6.07, 6.45) is 0.539. The maximum absolute atomic E-state index is 11.8. The average Bonchev–Trinajstić information content (AvgIpc) is 2.29. The second kappa shape index (κ2) is 6.55. The predicted molar refractivity (Wildman–Crippen MR) is 76.8 cm³/mol. The van der Waals surface area contributed by atoms with Gasteiger partial charge in [-0.3, -0.25) is 0 Å². The van der Waals surface area contributed by atoms with E-state index in [0.29, 0.717) is 18.0 Å². The van der Waals surface area contributed by atoms with Crippen LogP contribution in [-0.4, -0.2) is 26.0 Å². The van der Waals surface area contributed by atoms with Crippen LogP contribution in [0, 0.1) is 0 Å². The molecule has 0 aliphatic heterocycles. The Bertz CT molecular complexity index is 486. The highest BCUT2D eigenvalue weighted by Gasteiger charge is 2.19. The highest BCUT2D eigenvalue weighted by atomic mass is 35.5. The summed E-state index contributed by atoms with van der Waals surface area (Å²) in [5, 5.41) is 0.313. The number of sulfone groups is 1. The van der Waals surface area contributed by atoms with Gasteiger partial charge in [0.1, 0.15) is 0 Å². The molecule has 0 aliphatic rings. The van der Waals surface area contributed by atoms with E-state index in [9.17, 15) is 8.42 Å². The molecule has 3 nitrogen and oxygen atoms in total. The molecule has 1 aromatic carbocycles. The third-order valence-electron chi connectivity index (χ3n) is 3.07. The molecular weight excluding hydrogens is 270 g/mol. The van der Waals surface area contributed by atoms with Crippen LogP contribution in [0.15, 0.2) is 24.3 Å². The molecule has 0 heterocycles. The van der Waals surface area contributed by atoms with Crippen molar-refractivity contribution in [2.45, 2.75) is 31.4 Å². The largest absolute Gasteiger partial charge is 0.330 e. The average molecular weight is 290 g/mol. The number of benzene rings is 1. The smallest absolute Gasteiger partial charge is 0.152 e. The van der Waals surface area contributed by atoms with Gasteiger partial charge in [0.05, 0.1) is 11.0 Å². The second-order valence-electron chi connectivity index (χ2n) is 4.69. The highest BCUT2D eigenvalue weighted by Crippen LogP contribution is 2.23. The first-order valence-electron chi connectivity index (χ1n) is 6.04. The minimum absolute atomic E-state index is 0.0391. The maximum atomic E-state index is 11.8. The SMILES string of the molecule is CC(C)S(=O)(=O)CCC(CN)c1cccc(Cl)c1. The van der Waals surface area contributed by atoms with Gasteiger partial charge < -0.3 is 5.73 Å². The van der Waals surface area contributed by atoms with Gasteiger partial charge in [0.25, 0.3) is 0 Å². The second-order valence-corrected chi connectivity index (χ2v) is 7.81. The number of hydrogen-bond acceptors (Lipinski definition) is 3. The summed E-state index contributed by atoms with van der Waals surface area (Å²) in [5.74, 6) is 0.205. The van der Waals surface area contributed by atoms with Crippen LogP contribution < -0.4 is 5.73 Å². The van der Waals surface area contributed by atoms with Gasteiger partial charge >= 0.3 is 0 Å². The molecule has 1 rings (SSSR count). The highest BCUT2D eigenvalue weighted by molar-refractivity contribution is 7.91. The van der Waals surface area contributed by atoms with E-state index < -0.39 is 9.84 Å². The number of halogens is 1. The van der Waals surface area contributed by atoms with Crippen molar-refractivity contribution in [3.05, 3.63) is 34.9 Å². The molecule has 5 heteroatoms. The standard InChI is InChI=1S/C13H20ClNO2S/c1-10(2)18(16,17)7-6-12(9-15)11-4-3-5-13(14)8-11/h3-5,8,10,12H,6-7,9,15H2,1-2H3. The lowest BCUT2D eigenvalue weighted by Gasteiger charge is -2.16. The van der Waals surface area contributed by atoms with Crippen molar-refractivity contribution in [3.63, 3.8) is 0 Å². The molecule has 1 aromatic rings. The molecule has 1 atom stereocenters. The van der Waals surface area contributed by atoms with Gasteiger partial charge in [0.2, 0.25) is 0 Å². The van der Waals surface area contributed by atoms with Gasteiger partial charge in [-0.1, -0.05) is 23.7 Å². The summed E-state index contributed by atoms with van der Waals surface area (Å²) >= 11 is 5.93. The lowest BCUT2D eigenvalue weighted by molar-refractivity contribution is 0.576. The molecule has 0 radical (unpaired) electrons. The first-order chi connectivity index (χ1) is 8.36. The topological polar surface area (TPSA) is 60.2 Å². The van der Waals surface area contributed by atoms with Crippen LogP contribution in [0.5, 0.6) is 0 Å². The Hall–Kier alpha value is -0.580. The molecule has 0 fully saturated rings. The van der Waals surface area contributed by atoms with Crippen LogP contribution in [0.1, 0.15) is 31.7 Å². The van der Waals surface area contributed by atoms with Crippen LogP contribution in [0.4, 0.5) is 0 Å². The summed E-state index contributed by atoms with van der Waals surface area (Å²) in [6.45, 7) is 3.83. The van der Waals surface area contributed by atoms with E-state index in [1.165, 1.54) is 0 Å². The maximum Gasteiger partial charge on any atom is 0.152 e. The monoisotopic (exact) mass is 289 g/mol. The van der Waals surface area contributed by atoms with Crippen molar-refractivity contribution >= 4 is 21.4 Å². The van der Waals surface area contributed by atoms with Gasteiger partial charge in [-0.15, -0.1) is 0 Å². The van der Waals surface area contributed by atoms with Gasteiger partial charge in [0, 0.05) is 5.02 Å². The zero-order chi connectivity index (χ0) is 13.8. The van der Waals surface area contributed by atoms with Crippen LogP contribution in [0.2, 0.25) is 5.02 Å². The Kier molecular flexibility index (Phi) is 5.63. The fourth-order valence-electron chi connectivity index (χ4n) is 1.72. The molecule has 0 amide bonds. The van der Waals surface area contributed by atoms with Crippen LogP contribution >= 0.6 is 11.6 Å². The lowest BCUT2D eigenvalue weighted by atomic mass is 9.97. The Labute approximate surface area is 114 Å². The normalized spacial score (nSPS) is 13.8. The van der Waals surface area contributed by atoms with Crippen molar-refractivity contribution in [1.82, 2.24) is 0 Å². The molecule has 18 heavy (non-hydrogen) atoms. The Morgan fingerprint density at radius 3 is 2.50 bits per heavy atom. The third-order valence-corrected chi connectivity index (χ3v) is 5.55. The van der Waals surface area contributed by atoms with E-state index in [0.717, 1.165) is 5.56 Å². The van der Waals surface area contributed by atoms with Crippen molar-refractivity contribution in [1.29, 1.82) is 0 Å². The zero-order valence-corrected chi connectivity index (χ0v) is 12.3. The fraction of sp³-hybridized carbons (Fsp3) is 0.538.